The Kier molecular flexibility index (Phi) is 3.62. The minimum atomic E-state index is 0.118. The molecule has 1 N–H and O–H groups in total. The van der Waals surface area contributed by atoms with Gasteiger partial charge in [-0.2, -0.15) is 0 Å². The normalized spacial score (nSPS) is 29.1. The Morgan fingerprint density at radius 1 is 1.20 bits per heavy atom. The highest BCUT2D eigenvalue weighted by Crippen LogP contribution is 2.18. The smallest absolute Gasteiger partial charge is 0.239 e. The molecule has 3 heteroatoms. The van der Waals surface area contributed by atoms with Gasteiger partial charge in [-0.25, -0.2) is 0 Å². The lowest BCUT2D eigenvalue weighted by atomic mass is 9.97. The second-order valence-electron chi connectivity index (χ2n) is 5.01. The van der Waals surface area contributed by atoms with Crippen molar-refractivity contribution in [3.63, 3.8) is 0 Å². The summed E-state index contributed by atoms with van der Waals surface area (Å²) in [5, 5.41) is 3.34. The van der Waals surface area contributed by atoms with E-state index in [1.165, 1.54) is 25.7 Å². The van der Waals surface area contributed by atoms with Crippen LogP contribution in [-0.4, -0.2) is 36.5 Å². The number of amides is 1. The fourth-order valence-electron chi connectivity index (χ4n) is 2.51. The first-order chi connectivity index (χ1) is 7.27. The van der Waals surface area contributed by atoms with Crippen molar-refractivity contribution in [1.82, 2.24) is 10.2 Å². The molecular weight excluding hydrogens is 188 g/mol. The maximum atomic E-state index is 12.1. The molecule has 15 heavy (non-hydrogen) atoms. The number of rotatable bonds is 1. The Bertz CT molecular complexity index is 216. The molecule has 0 spiro atoms. The molecule has 1 atom stereocenters. The second-order valence-corrected chi connectivity index (χ2v) is 5.01. The predicted molar refractivity (Wildman–Crippen MR) is 60.6 cm³/mol. The van der Waals surface area contributed by atoms with Gasteiger partial charge in [0.15, 0.2) is 0 Å². The molecule has 2 aliphatic rings. The van der Waals surface area contributed by atoms with Crippen LogP contribution in [0.3, 0.4) is 0 Å². The summed E-state index contributed by atoms with van der Waals surface area (Å²) in [7, 11) is 0. The van der Waals surface area contributed by atoms with Crippen LogP contribution in [0.4, 0.5) is 0 Å². The van der Waals surface area contributed by atoms with Crippen molar-refractivity contribution >= 4 is 5.91 Å². The molecule has 0 aromatic carbocycles. The van der Waals surface area contributed by atoms with Gasteiger partial charge in [0.2, 0.25) is 5.91 Å². The highest BCUT2D eigenvalue weighted by molar-refractivity contribution is 5.82. The van der Waals surface area contributed by atoms with Crippen LogP contribution in [0, 0.1) is 5.92 Å². The zero-order valence-corrected chi connectivity index (χ0v) is 9.67. The molecule has 0 radical (unpaired) electrons. The highest BCUT2D eigenvalue weighted by Gasteiger charge is 2.27. The molecule has 2 rings (SSSR count). The summed E-state index contributed by atoms with van der Waals surface area (Å²) in [6.45, 7) is 5.23. The summed E-state index contributed by atoms with van der Waals surface area (Å²) < 4.78 is 0. The second kappa shape index (κ2) is 4.97. The lowest BCUT2D eigenvalue weighted by Gasteiger charge is -2.34. The molecule has 2 heterocycles. The minimum absolute atomic E-state index is 0.118. The fraction of sp³-hybridized carbons (Fsp3) is 0.917. The van der Waals surface area contributed by atoms with Gasteiger partial charge in [0.1, 0.15) is 0 Å². The highest BCUT2D eigenvalue weighted by atomic mass is 16.2. The van der Waals surface area contributed by atoms with Crippen molar-refractivity contribution in [1.29, 1.82) is 0 Å². The number of piperidine rings is 2. The van der Waals surface area contributed by atoms with E-state index in [4.69, 9.17) is 0 Å². The van der Waals surface area contributed by atoms with Gasteiger partial charge < -0.3 is 10.2 Å². The summed E-state index contributed by atoms with van der Waals surface area (Å²) >= 11 is 0. The van der Waals surface area contributed by atoms with Crippen molar-refractivity contribution in [2.45, 2.75) is 45.1 Å². The van der Waals surface area contributed by atoms with Crippen LogP contribution >= 0.6 is 0 Å². The van der Waals surface area contributed by atoms with Crippen LogP contribution in [0.5, 0.6) is 0 Å². The summed E-state index contributed by atoms with van der Waals surface area (Å²) in [5.74, 6) is 1.15. The van der Waals surface area contributed by atoms with Crippen LogP contribution in [0.2, 0.25) is 0 Å². The lowest BCUT2D eigenvalue weighted by molar-refractivity contribution is -0.135. The Hall–Kier alpha value is -0.570. The molecule has 2 fully saturated rings. The van der Waals surface area contributed by atoms with Gasteiger partial charge in [0.25, 0.3) is 0 Å². The van der Waals surface area contributed by atoms with E-state index in [1.54, 1.807) is 0 Å². The van der Waals surface area contributed by atoms with E-state index in [9.17, 15) is 4.79 Å². The monoisotopic (exact) mass is 210 g/mol. The third-order valence-electron chi connectivity index (χ3n) is 3.70. The summed E-state index contributed by atoms with van der Waals surface area (Å²) in [6, 6.07) is 0.118. The van der Waals surface area contributed by atoms with Crippen LogP contribution in [0.1, 0.15) is 39.0 Å². The molecule has 2 aliphatic heterocycles. The third kappa shape index (κ3) is 2.71. The minimum Gasteiger partial charge on any atom is -0.341 e. The Morgan fingerprint density at radius 3 is 2.53 bits per heavy atom. The van der Waals surface area contributed by atoms with Crippen LogP contribution < -0.4 is 5.32 Å². The molecule has 1 amide bonds. The Balaban J connectivity index is 1.84. The largest absolute Gasteiger partial charge is 0.341 e. The Morgan fingerprint density at radius 2 is 1.93 bits per heavy atom. The first-order valence-corrected chi connectivity index (χ1v) is 6.29. The molecule has 0 aromatic heterocycles. The quantitative estimate of drug-likeness (QED) is 0.709. The van der Waals surface area contributed by atoms with Gasteiger partial charge in [-0.15, -0.1) is 0 Å². The number of carbonyl (C=O) groups excluding carboxylic acids is 1. The SMILES string of the molecule is CC1CCN(C(=O)[C@H]2CCCCN2)CC1. The van der Waals surface area contributed by atoms with E-state index in [2.05, 4.69) is 17.1 Å². The lowest BCUT2D eigenvalue weighted by Crippen LogP contribution is -2.50. The van der Waals surface area contributed by atoms with Crippen molar-refractivity contribution in [3.8, 4) is 0 Å². The van der Waals surface area contributed by atoms with Crippen LogP contribution in [-0.2, 0) is 4.79 Å². The maximum absolute atomic E-state index is 12.1. The van der Waals surface area contributed by atoms with Crippen molar-refractivity contribution in [2.24, 2.45) is 5.92 Å². The molecule has 0 aliphatic carbocycles. The molecule has 0 saturated carbocycles. The number of nitrogens with zero attached hydrogens (tertiary/aromatic N) is 1. The van der Waals surface area contributed by atoms with Gasteiger partial charge >= 0.3 is 0 Å². The first-order valence-electron chi connectivity index (χ1n) is 6.29. The number of likely N-dealkylation sites (tertiary alicyclic amines) is 1. The third-order valence-corrected chi connectivity index (χ3v) is 3.70. The summed E-state index contributed by atoms with van der Waals surface area (Å²) in [6.07, 6.45) is 5.82. The topological polar surface area (TPSA) is 32.3 Å². The average Bonchev–Trinajstić information content (AvgIpc) is 2.30. The molecular formula is C12H22N2O. The number of hydrogen-bond donors (Lipinski definition) is 1. The van der Waals surface area contributed by atoms with E-state index in [1.807, 2.05) is 0 Å². The number of nitrogens with one attached hydrogen (secondary N) is 1. The van der Waals surface area contributed by atoms with Gasteiger partial charge in [-0.3, -0.25) is 4.79 Å². The predicted octanol–water partition coefficient (Wildman–Crippen LogP) is 1.39. The van der Waals surface area contributed by atoms with E-state index >= 15 is 0 Å². The molecule has 86 valence electrons. The van der Waals surface area contributed by atoms with E-state index in [0.717, 1.165) is 32.0 Å². The van der Waals surface area contributed by atoms with Gasteiger partial charge in [-0.05, 0) is 38.1 Å². The zero-order chi connectivity index (χ0) is 10.7. The summed E-state index contributed by atoms with van der Waals surface area (Å²) in [5.41, 5.74) is 0. The fourth-order valence-corrected chi connectivity index (χ4v) is 2.51. The average molecular weight is 210 g/mol. The summed E-state index contributed by atoms with van der Waals surface area (Å²) in [4.78, 5) is 14.2. The molecule has 0 aromatic rings. The standard InChI is InChI=1S/C12H22N2O/c1-10-5-8-14(9-6-10)12(15)11-4-2-3-7-13-11/h10-11,13H,2-9H2,1H3/t11-/m1/s1. The van der Waals surface area contributed by atoms with E-state index in [0.29, 0.717) is 5.91 Å². The first kappa shape index (κ1) is 10.9. The number of carbonyl (C=O) groups is 1. The van der Waals surface area contributed by atoms with Crippen molar-refractivity contribution in [2.75, 3.05) is 19.6 Å². The molecule has 3 nitrogen and oxygen atoms in total. The van der Waals surface area contributed by atoms with Crippen molar-refractivity contribution < 1.29 is 4.79 Å². The Labute approximate surface area is 92.2 Å². The maximum Gasteiger partial charge on any atom is 0.239 e. The molecule has 2 saturated heterocycles. The molecule has 0 unspecified atom stereocenters. The van der Waals surface area contributed by atoms with Gasteiger partial charge in [-0.1, -0.05) is 13.3 Å². The van der Waals surface area contributed by atoms with Crippen LogP contribution in [0.15, 0.2) is 0 Å². The van der Waals surface area contributed by atoms with Crippen molar-refractivity contribution in [3.05, 3.63) is 0 Å². The number of hydrogen-bond acceptors (Lipinski definition) is 2. The molecule has 0 bridgehead atoms. The van der Waals surface area contributed by atoms with E-state index < -0.39 is 0 Å². The zero-order valence-electron chi connectivity index (χ0n) is 9.67. The van der Waals surface area contributed by atoms with Crippen LogP contribution in [0.25, 0.3) is 0 Å². The van der Waals surface area contributed by atoms with Gasteiger partial charge in [0.05, 0.1) is 6.04 Å². The van der Waals surface area contributed by atoms with Gasteiger partial charge in [0, 0.05) is 13.1 Å². The van der Waals surface area contributed by atoms with E-state index in [-0.39, 0.29) is 6.04 Å².